The van der Waals surface area contributed by atoms with Crippen LogP contribution >= 0.6 is 11.3 Å². The fraction of sp³-hybridized carbons (Fsp3) is 0.500. The summed E-state index contributed by atoms with van der Waals surface area (Å²) in [5.41, 5.74) is 2.63. The van der Waals surface area contributed by atoms with Gasteiger partial charge >= 0.3 is 6.03 Å². The highest BCUT2D eigenvalue weighted by atomic mass is 32.1. The Kier molecular flexibility index (Phi) is 13.8. The number of carbonyl (C=O) groups excluding carboxylic acids is 1. The lowest BCUT2D eigenvalue weighted by Gasteiger charge is -2.11. The molecule has 0 aliphatic heterocycles. The molecular weight excluding hydrogens is 490 g/mol. The van der Waals surface area contributed by atoms with Crippen molar-refractivity contribution in [3.05, 3.63) is 70.7 Å². The van der Waals surface area contributed by atoms with Crippen molar-refractivity contribution in [2.45, 2.75) is 97.4 Å². The van der Waals surface area contributed by atoms with Gasteiger partial charge in [0.15, 0.2) is 12.7 Å². The van der Waals surface area contributed by atoms with Gasteiger partial charge in [0.1, 0.15) is 5.75 Å². The smallest absolute Gasteiger partial charge is 0.323 e. The molecule has 1 aromatic heterocycles. The molecule has 0 radical (unpaired) electrons. The highest BCUT2D eigenvalue weighted by Gasteiger charge is 2.10. The Hall–Kier alpha value is -2.86. The molecule has 0 unspecified atom stereocenters. The average Bonchev–Trinajstić information content (AvgIpc) is 3.31. The van der Waals surface area contributed by atoms with E-state index in [0.717, 1.165) is 35.7 Å². The molecular formula is C32H46N3O2S+. The Labute approximate surface area is 233 Å². The van der Waals surface area contributed by atoms with Crippen molar-refractivity contribution in [2.75, 3.05) is 17.2 Å². The number of benzene rings is 2. The fourth-order valence-corrected chi connectivity index (χ4v) is 5.24. The third kappa shape index (κ3) is 11.7. The van der Waals surface area contributed by atoms with Gasteiger partial charge < -0.3 is 15.4 Å². The zero-order valence-electron chi connectivity index (χ0n) is 23.3. The number of rotatable bonds is 18. The largest absolute Gasteiger partial charge is 0.494 e. The summed E-state index contributed by atoms with van der Waals surface area (Å²) in [5.74, 6) is 0.788. The fourth-order valence-electron chi connectivity index (χ4n) is 4.57. The SMILES string of the molecule is CCCCCCCCCCCCCCOc1cccc(NC(=O)Nc2cccc(C[n+]3ccsc3C)c2)c1. The van der Waals surface area contributed by atoms with Gasteiger partial charge in [0, 0.05) is 29.9 Å². The van der Waals surface area contributed by atoms with E-state index in [9.17, 15) is 4.79 Å². The van der Waals surface area contributed by atoms with Crippen LogP contribution in [-0.4, -0.2) is 12.6 Å². The predicted molar refractivity (Wildman–Crippen MR) is 160 cm³/mol. The van der Waals surface area contributed by atoms with Crippen molar-refractivity contribution in [3.8, 4) is 5.75 Å². The second kappa shape index (κ2) is 17.6. The monoisotopic (exact) mass is 536 g/mol. The van der Waals surface area contributed by atoms with Crippen LogP contribution in [0, 0.1) is 6.92 Å². The minimum Gasteiger partial charge on any atom is -0.494 e. The number of ether oxygens (including phenoxy) is 1. The molecule has 6 heteroatoms. The first-order valence-electron chi connectivity index (χ1n) is 14.5. The van der Waals surface area contributed by atoms with Crippen LogP contribution in [0.5, 0.6) is 5.75 Å². The van der Waals surface area contributed by atoms with Crippen LogP contribution in [0.25, 0.3) is 0 Å². The van der Waals surface area contributed by atoms with Gasteiger partial charge in [-0.2, -0.15) is 4.57 Å². The summed E-state index contributed by atoms with van der Waals surface area (Å²) in [6.07, 6.45) is 18.1. The zero-order chi connectivity index (χ0) is 26.8. The number of hydrogen-bond acceptors (Lipinski definition) is 3. The molecule has 2 N–H and O–H groups in total. The quantitative estimate of drug-likeness (QED) is 0.126. The molecule has 0 bridgehead atoms. The normalized spacial score (nSPS) is 10.9. The van der Waals surface area contributed by atoms with Crippen molar-refractivity contribution < 1.29 is 14.1 Å². The molecule has 0 spiro atoms. The molecule has 5 nitrogen and oxygen atoms in total. The van der Waals surface area contributed by atoms with Crippen LogP contribution < -0.4 is 19.9 Å². The Balaban J connectivity index is 1.29. The van der Waals surface area contributed by atoms with Gasteiger partial charge in [0.05, 0.1) is 12.0 Å². The van der Waals surface area contributed by atoms with Crippen molar-refractivity contribution >= 4 is 28.7 Å². The average molecular weight is 537 g/mol. The Morgan fingerprint density at radius 1 is 0.816 bits per heavy atom. The first-order valence-corrected chi connectivity index (χ1v) is 15.4. The molecule has 0 fully saturated rings. The maximum absolute atomic E-state index is 12.6. The number of hydrogen-bond donors (Lipinski definition) is 2. The molecule has 3 rings (SSSR count). The van der Waals surface area contributed by atoms with Gasteiger partial charge in [0.25, 0.3) is 0 Å². The van der Waals surface area contributed by atoms with Crippen molar-refractivity contribution in [1.82, 2.24) is 0 Å². The first-order chi connectivity index (χ1) is 18.6. The number of nitrogens with one attached hydrogen (secondary N) is 2. The predicted octanol–water partition coefficient (Wildman–Crippen LogP) is 9.12. The summed E-state index contributed by atoms with van der Waals surface area (Å²) in [5, 5.41) is 9.20. The van der Waals surface area contributed by atoms with E-state index in [2.05, 4.69) is 46.7 Å². The van der Waals surface area contributed by atoms with E-state index < -0.39 is 0 Å². The van der Waals surface area contributed by atoms with Crippen LogP contribution in [0.2, 0.25) is 0 Å². The first kappa shape index (κ1) is 29.7. The van der Waals surface area contributed by atoms with E-state index in [1.54, 1.807) is 11.3 Å². The number of amides is 2. The molecule has 206 valence electrons. The third-order valence-electron chi connectivity index (χ3n) is 6.78. The Morgan fingerprint density at radius 3 is 2.05 bits per heavy atom. The molecule has 0 saturated carbocycles. The number of aryl methyl sites for hydroxylation is 1. The second-order valence-corrected chi connectivity index (χ2v) is 11.2. The molecule has 38 heavy (non-hydrogen) atoms. The van der Waals surface area contributed by atoms with Crippen LogP contribution in [0.1, 0.15) is 94.5 Å². The standard InChI is InChI=1S/C32H45N3O2S/c1-3-4-5-6-7-8-9-10-11-12-13-14-22-37-31-20-16-19-30(25-31)34-32(36)33-29-18-15-17-28(24-29)26-35-21-23-38-27(35)2/h15-21,23-25H,3-14,22,26H2,1-2H3,(H-,33,34,36)/p+1. The maximum Gasteiger partial charge on any atom is 0.323 e. The van der Waals surface area contributed by atoms with Gasteiger partial charge in [-0.25, -0.2) is 4.79 Å². The highest BCUT2D eigenvalue weighted by Crippen LogP contribution is 2.19. The number of carbonyl (C=O) groups is 1. The highest BCUT2D eigenvalue weighted by molar-refractivity contribution is 7.09. The van der Waals surface area contributed by atoms with Crippen LogP contribution in [0.3, 0.4) is 0 Å². The number of nitrogens with zero attached hydrogens (tertiary/aromatic N) is 1. The Morgan fingerprint density at radius 2 is 1.42 bits per heavy atom. The van der Waals surface area contributed by atoms with E-state index in [-0.39, 0.29) is 6.03 Å². The van der Waals surface area contributed by atoms with Gasteiger partial charge in [-0.15, -0.1) is 0 Å². The summed E-state index contributed by atoms with van der Waals surface area (Å²) in [6, 6.07) is 15.3. The summed E-state index contributed by atoms with van der Waals surface area (Å²) in [4.78, 5) is 12.6. The van der Waals surface area contributed by atoms with E-state index in [0.29, 0.717) is 6.61 Å². The number of anilines is 2. The maximum atomic E-state index is 12.6. The Bertz CT molecular complexity index is 1080. The second-order valence-electron chi connectivity index (χ2n) is 10.1. The molecule has 2 aromatic carbocycles. The lowest BCUT2D eigenvalue weighted by atomic mass is 10.1. The van der Waals surface area contributed by atoms with Crippen molar-refractivity contribution in [3.63, 3.8) is 0 Å². The molecule has 0 saturated heterocycles. The van der Waals surface area contributed by atoms with Gasteiger partial charge in [-0.1, -0.05) is 107 Å². The molecule has 1 heterocycles. The molecule has 2 amide bonds. The summed E-state index contributed by atoms with van der Waals surface area (Å²) in [6.45, 7) is 5.87. The van der Waals surface area contributed by atoms with Crippen LogP contribution in [0.15, 0.2) is 60.1 Å². The van der Waals surface area contributed by atoms with Crippen molar-refractivity contribution in [2.24, 2.45) is 0 Å². The zero-order valence-corrected chi connectivity index (χ0v) is 24.2. The molecule has 0 atom stereocenters. The van der Waals surface area contributed by atoms with E-state index in [4.69, 9.17) is 4.74 Å². The van der Waals surface area contributed by atoms with E-state index in [1.807, 2.05) is 42.5 Å². The molecule has 0 aliphatic carbocycles. The van der Waals surface area contributed by atoms with E-state index in [1.165, 1.54) is 75.6 Å². The topological polar surface area (TPSA) is 54.2 Å². The van der Waals surface area contributed by atoms with Gasteiger partial charge in [-0.3, -0.25) is 0 Å². The van der Waals surface area contributed by atoms with Gasteiger partial charge in [-0.05, 0) is 30.7 Å². The molecule has 3 aromatic rings. The van der Waals surface area contributed by atoms with Crippen molar-refractivity contribution in [1.29, 1.82) is 0 Å². The number of thiazole rings is 1. The summed E-state index contributed by atoms with van der Waals surface area (Å²) >= 11 is 1.73. The number of aromatic nitrogens is 1. The van der Waals surface area contributed by atoms with Crippen LogP contribution in [0.4, 0.5) is 16.2 Å². The lowest BCUT2D eigenvalue weighted by molar-refractivity contribution is -0.689. The number of urea groups is 1. The van der Waals surface area contributed by atoms with E-state index >= 15 is 0 Å². The van der Waals surface area contributed by atoms with Gasteiger partial charge in [0.2, 0.25) is 5.01 Å². The lowest BCUT2D eigenvalue weighted by Crippen LogP contribution is -2.34. The number of unbranched alkanes of at least 4 members (excludes halogenated alkanes) is 11. The third-order valence-corrected chi connectivity index (χ3v) is 7.61. The summed E-state index contributed by atoms with van der Waals surface area (Å²) in [7, 11) is 0. The molecule has 0 aliphatic rings. The summed E-state index contributed by atoms with van der Waals surface area (Å²) < 4.78 is 8.14. The van der Waals surface area contributed by atoms with Crippen LogP contribution in [-0.2, 0) is 6.54 Å². The minimum absolute atomic E-state index is 0.264. The minimum atomic E-state index is -0.264.